The highest BCUT2D eigenvalue weighted by Gasteiger charge is 2.12. The lowest BCUT2D eigenvalue weighted by molar-refractivity contribution is -0.124. The summed E-state index contributed by atoms with van der Waals surface area (Å²) in [5.41, 5.74) is 0.467. The number of fused-ring (bicyclic) bond motifs is 1. The molecule has 0 atom stereocenters. The van der Waals surface area contributed by atoms with E-state index in [4.69, 9.17) is 23.2 Å². The summed E-state index contributed by atoms with van der Waals surface area (Å²) in [6.45, 7) is -0.0614. The Balaban J connectivity index is 2.01. The van der Waals surface area contributed by atoms with E-state index in [1.807, 2.05) is 0 Å². The van der Waals surface area contributed by atoms with E-state index in [-0.39, 0.29) is 24.1 Å². The Labute approximate surface area is 134 Å². The van der Waals surface area contributed by atoms with Crippen LogP contribution in [-0.2, 0) is 9.59 Å². The van der Waals surface area contributed by atoms with Crippen LogP contribution in [0.2, 0.25) is 10.0 Å². The molecule has 0 spiro atoms. The van der Waals surface area contributed by atoms with Gasteiger partial charge >= 0.3 is 0 Å². The van der Waals surface area contributed by atoms with Crippen LogP contribution in [0.1, 0.15) is 0 Å². The number of pyridine rings is 1. The summed E-state index contributed by atoms with van der Waals surface area (Å²) in [6.07, 6.45) is 1.62. The number of rotatable bonds is 5. The van der Waals surface area contributed by atoms with E-state index < -0.39 is 0 Å². The summed E-state index contributed by atoms with van der Waals surface area (Å²) in [4.78, 5) is 22.6. The molecule has 0 bridgehead atoms. The average molecular weight is 348 g/mol. The van der Waals surface area contributed by atoms with Gasteiger partial charge in [0.2, 0.25) is 11.8 Å². The average Bonchev–Trinajstić information content (AvgIpc) is 2.85. The van der Waals surface area contributed by atoms with Crippen molar-refractivity contribution in [1.82, 2.24) is 25.2 Å². The molecule has 2 heterocycles. The monoisotopic (exact) mass is 347 g/mol. The largest absolute Gasteiger partial charge is 0.358 e. The fourth-order valence-corrected chi connectivity index (χ4v) is 2.70. The number of thioether (sulfide) groups is 1. The smallest absolute Gasteiger partial charge is 0.239 e. The van der Waals surface area contributed by atoms with Gasteiger partial charge in [-0.25, -0.2) is 0 Å². The van der Waals surface area contributed by atoms with Crippen LogP contribution in [0, 0.1) is 0 Å². The molecule has 2 amide bonds. The van der Waals surface area contributed by atoms with Gasteiger partial charge in [-0.3, -0.25) is 14.0 Å². The van der Waals surface area contributed by atoms with Gasteiger partial charge in [0.1, 0.15) is 0 Å². The maximum atomic E-state index is 11.6. The molecule has 112 valence electrons. The minimum atomic E-state index is -0.284. The molecular weight excluding hydrogens is 337 g/mol. The zero-order valence-corrected chi connectivity index (χ0v) is 13.2. The molecule has 10 heteroatoms. The number of carbonyl (C=O) groups is 2. The van der Waals surface area contributed by atoms with Crippen LogP contribution in [0.4, 0.5) is 0 Å². The van der Waals surface area contributed by atoms with Gasteiger partial charge in [-0.15, -0.1) is 10.2 Å². The number of aromatic nitrogens is 3. The van der Waals surface area contributed by atoms with Crippen LogP contribution < -0.4 is 10.6 Å². The second kappa shape index (κ2) is 6.97. The van der Waals surface area contributed by atoms with Crippen LogP contribution in [-0.4, -0.2) is 45.8 Å². The number of nitrogens with one attached hydrogen (secondary N) is 2. The van der Waals surface area contributed by atoms with Gasteiger partial charge in [0.25, 0.3) is 0 Å². The molecule has 7 nitrogen and oxygen atoms in total. The van der Waals surface area contributed by atoms with Gasteiger partial charge in [0.15, 0.2) is 10.8 Å². The highest BCUT2D eigenvalue weighted by Crippen LogP contribution is 2.25. The lowest BCUT2D eigenvalue weighted by atomic mass is 10.5. The maximum Gasteiger partial charge on any atom is 0.239 e. The molecule has 0 aromatic carbocycles. The normalized spacial score (nSPS) is 10.6. The predicted molar refractivity (Wildman–Crippen MR) is 80.8 cm³/mol. The molecule has 2 aromatic heterocycles. The van der Waals surface area contributed by atoms with Crippen LogP contribution in [0.3, 0.4) is 0 Å². The van der Waals surface area contributed by atoms with E-state index in [9.17, 15) is 9.59 Å². The van der Waals surface area contributed by atoms with E-state index in [0.717, 1.165) is 0 Å². The van der Waals surface area contributed by atoms with Crippen molar-refractivity contribution in [3.63, 3.8) is 0 Å². The van der Waals surface area contributed by atoms with Gasteiger partial charge in [0.05, 0.1) is 22.3 Å². The summed E-state index contributed by atoms with van der Waals surface area (Å²) in [7, 11) is 1.50. The molecule has 0 saturated heterocycles. The summed E-state index contributed by atoms with van der Waals surface area (Å²) >= 11 is 13.1. The summed E-state index contributed by atoms with van der Waals surface area (Å²) in [5.74, 6) is -0.449. The Morgan fingerprint density at radius 1 is 1.33 bits per heavy atom. The Hall–Kier alpha value is -1.51. The minimum Gasteiger partial charge on any atom is -0.358 e. The first-order chi connectivity index (χ1) is 10.0. The molecule has 0 aliphatic heterocycles. The third-order valence-electron chi connectivity index (χ3n) is 2.45. The summed E-state index contributed by atoms with van der Waals surface area (Å²) in [6, 6.07) is 1.57. The fraction of sp³-hybridized carbons (Fsp3) is 0.273. The minimum absolute atomic E-state index is 0.0614. The van der Waals surface area contributed by atoms with Gasteiger partial charge in [-0.05, 0) is 6.07 Å². The fourth-order valence-electron chi connectivity index (χ4n) is 1.45. The van der Waals surface area contributed by atoms with Crippen molar-refractivity contribution in [2.24, 2.45) is 0 Å². The first kappa shape index (κ1) is 15.9. The SMILES string of the molecule is CNC(=O)CNC(=O)CSc1nnc2c(Cl)cc(Cl)cn12. The van der Waals surface area contributed by atoms with Crippen molar-refractivity contribution in [1.29, 1.82) is 0 Å². The van der Waals surface area contributed by atoms with E-state index in [2.05, 4.69) is 20.8 Å². The van der Waals surface area contributed by atoms with Gasteiger partial charge in [0, 0.05) is 13.2 Å². The van der Waals surface area contributed by atoms with Crippen LogP contribution >= 0.6 is 35.0 Å². The number of likely N-dealkylation sites (N-methyl/N-ethyl adjacent to an activating group) is 1. The molecule has 2 aromatic rings. The number of hydrogen-bond donors (Lipinski definition) is 2. The van der Waals surface area contributed by atoms with Crippen molar-refractivity contribution >= 4 is 52.4 Å². The van der Waals surface area contributed by atoms with Crippen LogP contribution in [0.25, 0.3) is 5.65 Å². The zero-order chi connectivity index (χ0) is 15.4. The molecule has 0 unspecified atom stereocenters. The van der Waals surface area contributed by atoms with Gasteiger partial charge in [-0.2, -0.15) is 0 Å². The topological polar surface area (TPSA) is 88.4 Å². The summed E-state index contributed by atoms with van der Waals surface area (Å²) < 4.78 is 1.61. The standard InChI is InChI=1S/C11H11Cl2N5O2S/c1-14-8(19)3-15-9(20)5-21-11-17-16-10-7(13)2-6(12)4-18(10)11/h2,4H,3,5H2,1H3,(H,14,19)(H,15,20). The quantitative estimate of drug-likeness (QED) is 0.787. The van der Waals surface area contributed by atoms with Crippen molar-refractivity contribution in [2.75, 3.05) is 19.3 Å². The highest BCUT2D eigenvalue weighted by molar-refractivity contribution is 7.99. The third-order valence-corrected chi connectivity index (χ3v) is 3.88. The summed E-state index contributed by atoms with van der Waals surface area (Å²) in [5, 5.41) is 14.1. The van der Waals surface area contributed by atoms with Gasteiger partial charge < -0.3 is 10.6 Å². The molecule has 0 radical (unpaired) electrons. The molecule has 21 heavy (non-hydrogen) atoms. The lowest BCUT2D eigenvalue weighted by Crippen LogP contribution is -2.36. The molecular formula is C11H11Cl2N5O2S. The Bertz CT molecular complexity index is 691. The first-order valence-electron chi connectivity index (χ1n) is 5.81. The molecule has 0 aliphatic carbocycles. The molecule has 0 saturated carbocycles. The third kappa shape index (κ3) is 3.99. The number of nitrogens with zero attached hydrogens (tertiary/aromatic N) is 3. The molecule has 0 fully saturated rings. The second-order valence-electron chi connectivity index (χ2n) is 3.92. The number of carbonyl (C=O) groups excluding carboxylic acids is 2. The van der Waals surface area contributed by atoms with Gasteiger partial charge in [-0.1, -0.05) is 35.0 Å². The highest BCUT2D eigenvalue weighted by atomic mass is 35.5. The van der Waals surface area contributed by atoms with Crippen LogP contribution in [0.15, 0.2) is 17.4 Å². The number of hydrogen-bond acceptors (Lipinski definition) is 5. The van der Waals surface area contributed by atoms with E-state index in [1.165, 1.54) is 18.8 Å². The van der Waals surface area contributed by atoms with Crippen molar-refractivity contribution in [3.05, 3.63) is 22.3 Å². The van der Waals surface area contributed by atoms with Crippen molar-refractivity contribution < 1.29 is 9.59 Å². The Morgan fingerprint density at radius 3 is 2.81 bits per heavy atom. The predicted octanol–water partition coefficient (Wildman–Crippen LogP) is 0.990. The number of halogens is 2. The van der Waals surface area contributed by atoms with E-state index in [1.54, 1.807) is 16.7 Å². The van der Waals surface area contributed by atoms with Crippen molar-refractivity contribution in [2.45, 2.75) is 5.16 Å². The molecule has 2 rings (SSSR count). The molecule has 0 aliphatic rings. The zero-order valence-electron chi connectivity index (χ0n) is 10.9. The molecule has 2 N–H and O–H groups in total. The lowest BCUT2D eigenvalue weighted by Gasteiger charge is -2.04. The first-order valence-corrected chi connectivity index (χ1v) is 7.55. The Kier molecular flexibility index (Phi) is 5.27. The van der Waals surface area contributed by atoms with Crippen molar-refractivity contribution in [3.8, 4) is 0 Å². The van der Waals surface area contributed by atoms with Crippen LogP contribution in [0.5, 0.6) is 0 Å². The second-order valence-corrected chi connectivity index (χ2v) is 5.71. The van der Waals surface area contributed by atoms with E-state index >= 15 is 0 Å². The maximum absolute atomic E-state index is 11.6. The number of amides is 2. The van der Waals surface area contributed by atoms with E-state index in [0.29, 0.717) is 20.8 Å². The Morgan fingerprint density at radius 2 is 2.10 bits per heavy atom.